The van der Waals surface area contributed by atoms with Gasteiger partial charge in [0, 0.05) is 11.8 Å². The molecule has 1 N–H and O–H groups in total. The first-order chi connectivity index (χ1) is 9.15. The number of rotatable bonds is 7. The minimum absolute atomic E-state index is 0.563. The fourth-order valence-corrected chi connectivity index (χ4v) is 4.16. The van der Waals surface area contributed by atoms with Crippen molar-refractivity contribution in [3.05, 3.63) is 24.3 Å². The number of thiazole rings is 1. The van der Waals surface area contributed by atoms with Gasteiger partial charge in [-0.05, 0) is 31.0 Å². The molecular formula is C15H22N2S2. The first kappa shape index (κ1) is 14.8. The summed E-state index contributed by atoms with van der Waals surface area (Å²) in [4.78, 5) is 4.66. The van der Waals surface area contributed by atoms with Crippen LogP contribution in [0.2, 0.25) is 0 Å². The van der Waals surface area contributed by atoms with Crippen molar-refractivity contribution < 1.29 is 0 Å². The summed E-state index contributed by atoms with van der Waals surface area (Å²) in [5.41, 5.74) is 1.12. The maximum absolute atomic E-state index is 4.66. The van der Waals surface area contributed by atoms with Crippen LogP contribution in [0, 0.1) is 5.92 Å². The third-order valence-electron chi connectivity index (χ3n) is 2.91. The van der Waals surface area contributed by atoms with E-state index in [1.165, 1.54) is 15.5 Å². The highest BCUT2D eigenvalue weighted by molar-refractivity contribution is 8.01. The molecule has 104 valence electrons. The molecule has 0 aliphatic heterocycles. The van der Waals surface area contributed by atoms with Gasteiger partial charge in [0.05, 0.1) is 10.2 Å². The molecule has 0 saturated carbocycles. The van der Waals surface area contributed by atoms with Crippen molar-refractivity contribution in [1.82, 2.24) is 10.3 Å². The predicted molar refractivity (Wildman–Crippen MR) is 87.3 cm³/mol. The number of fused-ring (bicyclic) bond motifs is 1. The Kier molecular flexibility index (Phi) is 5.67. The van der Waals surface area contributed by atoms with E-state index < -0.39 is 0 Å². The number of thioether (sulfide) groups is 1. The summed E-state index contributed by atoms with van der Waals surface area (Å²) in [6.45, 7) is 8.96. The van der Waals surface area contributed by atoms with Crippen LogP contribution in [-0.2, 0) is 0 Å². The third-order valence-corrected chi connectivity index (χ3v) is 5.14. The van der Waals surface area contributed by atoms with E-state index in [0.29, 0.717) is 5.25 Å². The zero-order valence-electron chi connectivity index (χ0n) is 11.8. The van der Waals surface area contributed by atoms with Gasteiger partial charge in [-0.3, -0.25) is 0 Å². The highest BCUT2D eigenvalue weighted by atomic mass is 32.2. The lowest BCUT2D eigenvalue weighted by molar-refractivity contribution is 0.539. The van der Waals surface area contributed by atoms with Crippen LogP contribution in [0.5, 0.6) is 0 Å². The van der Waals surface area contributed by atoms with Crippen molar-refractivity contribution in [3.8, 4) is 0 Å². The van der Waals surface area contributed by atoms with Crippen LogP contribution in [0.25, 0.3) is 10.2 Å². The van der Waals surface area contributed by atoms with E-state index in [-0.39, 0.29) is 0 Å². The first-order valence-electron chi connectivity index (χ1n) is 6.88. The van der Waals surface area contributed by atoms with Gasteiger partial charge in [0.15, 0.2) is 4.34 Å². The zero-order valence-corrected chi connectivity index (χ0v) is 13.5. The molecule has 2 rings (SSSR count). The molecule has 0 radical (unpaired) electrons. The second-order valence-electron chi connectivity index (χ2n) is 5.26. The van der Waals surface area contributed by atoms with Gasteiger partial charge in [-0.15, -0.1) is 11.3 Å². The fraction of sp³-hybridized carbons (Fsp3) is 0.533. The molecule has 0 aliphatic carbocycles. The van der Waals surface area contributed by atoms with Crippen molar-refractivity contribution in [2.24, 2.45) is 5.92 Å². The van der Waals surface area contributed by atoms with Crippen LogP contribution >= 0.6 is 23.1 Å². The molecule has 1 aromatic carbocycles. The Labute approximate surface area is 124 Å². The molecule has 0 saturated heterocycles. The number of hydrogen-bond acceptors (Lipinski definition) is 4. The number of hydrogen-bond donors (Lipinski definition) is 1. The number of benzene rings is 1. The number of nitrogens with zero attached hydrogens (tertiary/aromatic N) is 1. The molecule has 2 nitrogen and oxygen atoms in total. The molecule has 2 aromatic rings. The van der Waals surface area contributed by atoms with E-state index in [1.54, 1.807) is 11.3 Å². The SMILES string of the molecule is CC(C)CCNCC(C)Sc1nc2ccccc2s1. The van der Waals surface area contributed by atoms with Crippen molar-refractivity contribution >= 4 is 33.3 Å². The standard InChI is InChI=1S/C15H22N2S2/c1-11(2)8-9-16-10-12(3)18-15-17-13-6-4-5-7-14(13)19-15/h4-7,11-12,16H,8-10H2,1-3H3. The van der Waals surface area contributed by atoms with E-state index in [0.717, 1.165) is 24.5 Å². The third kappa shape index (κ3) is 4.79. The van der Waals surface area contributed by atoms with Gasteiger partial charge < -0.3 is 5.32 Å². The fourth-order valence-electron chi connectivity index (χ4n) is 1.81. The van der Waals surface area contributed by atoms with Gasteiger partial charge in [-0.1, -0.05) is 44.7 Å². The van der Waals surface area contributed by atoms with Crippen LogP contribution in [0.15, 0.2) is 28.6 Å². The van der Waals surface area contributed by atoms with Crippen molar-refractivity contribution in [2.45, 2.75) is 36.8 Å². The molecular weight excluding hydrogens is 272 g/mol. The van der Waals surface area contributed by atoms with Crippen LogP contribution in [0.1, 0.15) is 27.2 Å². The van der Waals surface area contributed by atoms with Gasteiger partial charge in [-0.2, -0.15) is 0 Å². The molecule has 1 unspecified atom stereocenters. The van der Waals surface area contributed by atoms with Crippen LogP contribution in [0.3, 0.4) is 0 Å². The molecule has 19 heavy (non-hydrogen) atoms. The predicted octanol–water partition coefficient (Wildman–Crippen LogP) is 4.41. The zero-order chi connectivity index (χ0) is 13.7. The Morgan fingerprint density at radius 2 is 2.05 bits per heavy atom. The van der Waals surface area contributed by atoms with Gasteiger partial charge in [-0.25, -0.2) is 4.98 Å². The quantitative estimate of drug-likeness (QED) is 0.604. The topological polar surface area (TPSA) is 24.9 Å². The normalized spacial score (nSPS) is 13.3. The van der Waals surface area contributed by atoms with Crippen molar-refractivity contribution in [1.29, 1.82) is 0 Å². The van der Waals surface area contributed by atoms with E-state index in [2.05, 4.69) is 49.3 Å². The Morgan fingerprint density at radius 3 is 2.79 bits per heavy atom. The lowest BCUT2D eigenvalue weighted by atomic mass is 10.1. The van der Waals surface area contributed by atoms with E-state index in [4.69, 9.17) is 0 Å². The van der Waals surface area contributed by atoms with Gasteiger partial charge in [0.2, 0.25) is 0 Å². The lowest BCUT2D eigenvalue weighted by Gasteiger charge is -2.11. The summed E-state index contributed by atoms with van der Waals surface area (Å²) in [5.74, 6) is 0.778. The van der Waals surface area contributed by atoms with Crippen LogP contribution in [0.4, 0.5) is 0 Å². The summed E-state index contributed by atoms with van der Waals surface area (Å²) >= 11 is 3.67. The minimum atomic E-state index is 0.563. The smallest absolute Gasteiger partial charge is 0.151 e. The Hall–Kier alpha value is -0.580. The molecule has 0 fully saturated rings. The molecule has 0 spiro atoms. The molecule has 4 heteroatoms. The van der Waals surface area contributed by atoms with Crippen LogP contribution in [-0.4, -0.2) is 23.3 Å². The molecule has 1 atom stereocenters. The van der Waals surface area contributed by atoms with Crippen molar-refractivity contribution in [2.75, 3.05) is 13.1 Å². The van der Waals surface area contributed by atoms with Gasteiger partial charge >= 0.3 is 0 Å². The number of para-hydroxylation sites is 1. The van der Waals surface area contributed by atoms with Crippen molar-refractivity contribution in [3.63, 3.8) is 0 Å². The maximum Gasteiger partial charge on any atom is 0.151 e. The van der Waals surface area contributed by atoms with Gasteiger partial charge in [0.25, 0.3) is 0 Å². The van der Waals surface area contributed by atoms with E-state index in [1.807, 2.05) is 17.8 Å². The Bertz CT molecular complexity index is 475. The summed E-state index contributed by atoms with van der Waals surface area (Å²) < 4.78 is 2.46. The highest BCUT2D eigenvalue weighted by Crippen LogP contribution is 2.31. The van der Waals surface area contributed by atoms with E-state index in [9.17, 15) is 0 Å². The second kappa shape index (κ2) is 7.27. The molecule has 1 heterocycles. The average Bonchev–Trinajstić information content (AvgIpc) is 2.76. The molecule has 0 amide bonds. The minimum Gasteiger partial charge on any atom is -0.316 e. The number of nitrogens with one attached hydrogen (secondary N) is 1. The lowest BCUT2D eigenvalue weighted by Crippen LogP contribution is -2.24. The Balaban J connectivity index is 1.80. The van der Waals surface area contributed by atoms with Gasteiger partial charge in [0.1, 0.15) is 0 Å². The maximum atomic E-state index is 4.66. The number of aromatic nitrogens is 1. The first-order valence-corrected chi connectivity index (χ1v) is 8.57. The second-order valence-corrected chi connectivity index (χ2v) is 7.98. The summed E-state index contributed by atoms with van der Waals surface area (Å²) in [6.07, 6.45) is 1.25. The molecule has 0 bridgehead atoms. The summed E-state index contributed by atoms with van der Waals surface area (Å²) in [7, 11) is 0. The van der Waals surface area contributed by atoms with E-state index >= 15 is 0 Å². The monoisotopic (exact) mass is 294 g/mol. The Morgan fingerprint density at radius 1 is 1.26 bits per heavy atom. The summed E-state index contributed by atoms with van der Waals surface area (Å²) in [5, 5.41) is 4.09. The largest absolute Gasteiger partial charge is 0.316 e. The molecule has 1 aromatic heterocycles. The summed E-state index contributed by atoms with van der Waals surface area (Å²) in [6, 6.07) is 8.35. The van der Waals surface area contributed by atoms with Crippen LogP contribution < -0.4 is 5.32 Å². The average molecular weight is 294 g/mol. The highest BCUT2D eigenvalue weighted by Gasteiger charge is 2.09. The molecule has 0 aliphatic rings.